The molecule has 0 unspecified atom stereocenters. The fourth-order valence-electron chi connectivity index (χ4n) is 1.45. The van der Waals surface area contributed by atoms with Gasteiger partial charge in [-0.15, -0.1) is 0 Å². The lowest BCUT2D eigenvalue weighted by molar-refractivity contribution is -0.128. The molecule has 3 nitrogen and oxygen atoms in total. The zero-order chi connectivity index (χ0) is 12.0. The third-order valence-corrected chi connectivity index (χ3v) is 2.41. The van der Waals surface area contributed by atoms with Gasteiger partial charge in [0.25, 0.3) is 0 Å². The van der Waals surface area contributed by atoms with Crippen molar-refractivity contribution in [2.24, 2.45) is 0 Å². The third-order valence-electron chi connectivity index (χ3n) is 2.41. The van der Waals surface area contributed by atoms with Gasteiger partial charge in [-0.25, -0.2) is 0 Å². The Morgan fingerprint density at radius 1 is 1.38 bits per heavy atom. The molecule has 1 amide bonds. The van der Waals surface area contributed by atoms with Crippen molar-refractivity contribution in [2.45, 2.75) is 19.8 Å². The first-order valence-corrected chi connectivity index (χ1v) is 5.60. The zero-order valence-electron chi connectivity index (χ0n) is 10.3. The number of hydrogen-bond acceptors (Lipinski definition) is 2. The molecule has 0 aromatic heterocycles. The number of aryl methyl sites for hydroxylation is 1. The Morgan fingerprint density at radius 2 is 2.12 bits per heavy atom. The second-order valence-electron chi connectivity index (χ2n) is 4.19. The lowest BCUT2D eigenvalue weighted by Gasteiger charge is -2.10. The van der Waals surface area contributed by atoms with Crippen molar-refractivity contribution in [1.82, 2.24) is 4.90 Å². The largest absolute Gasteiger partial charge is 0.385 e. The minimum atomic E-state index is 0.186. The summed E-state index contributed by atoms with van der Waals surface area (Å²) in [6.45, 7) is 2.91. The highest BCUT2D eigenvalue weighted by Gasteiger charge is 2.02. The number of carbonyl (C=O) groups excluding carboxylic acids is 1. The highest BCUT2D eigenvalue weighted by molar-refractivity contribution is 5.75. The van der Waals surface area contributed by atoms with E-state index in [9.17, 15) is 4.79 Å². The molecule has 0 heterocycles. The van der Waals surface area contributed by atoms with Gasteiger partial charge in [0.15, 0.2) is 0 Å². The SMILES string of the molecule is Cc1cccc(NCCCC(=O)N(C)C)c1. The van der Waals surface area contributed by atoms with Gasteiger partial charge in [0.2, 0.25) is 5.91 Å². The van der Waals surface area contributed by atoms with Crippen LogP contribution < -0.4 is 5.32 Å². The number of hydrogen-bond donors (Lipinski definition) is 1. The van der Waals surface area contributed by atoms with E-state index in [1.807, 2.05) is 12.1 Å². The summed E-state index contributed by atoms with van der Waals surface area (Å²) in [5.41, 5.74) is 2.37. The summed E-state index contributed by atoms with van der Waals surface area (Å²) in [6.07, 6.45) is 1.47. The number of rotatable bonds is 5. The van der Waals surface area contributed by atoms with Gasteiger partial charge in [0, 0.05) is 32.7 Å². The van der Waals surface area contributed by atoms with Crippen LogP contribution >= 0.6 is 0 Å². The molecule has 0 fully saturated rings. The Kier molecular flexibility index (Phi) is 4.83. The summed E-state index contributed by atoms with van der Waals surface area (Å²) in [5.74, 6) is 0.186. The van der Waals surface area contributed by atoms with Gasteiger partial charge < -0.3 is 10.2 Å². The normalized spacial score (nSPS) is 9.94. The molecule has 0 atom stereocenters. The van der Waals surface area contributed by atoms with Gasteiger partial charge in [-0.05, 0) is 31.0 Å². The van der Waals surface area contributed by atoms with Crippen LogP contribution in [0.1, 0.15) is 18.4 Å². The van der Waals surface area contributed by atoms with Crippen LogP contribution in [0.15, 0.2) is 24.3 Å². The molecule has 0 spiro atoms. The minimum absolute atomic E-state index is 0.186. The zero-order valence-corrected chi connectivity index (χ0v) is 10.3. The molecule has 88 valence electrons. The predicted molar refractivity (Wildman–Crippen MR) is 67.6 cm³/mol. The molecule has 1 aromatic rings. The molecule has 0 saturated carbocycles. The molecular weight excluding hydrogens is 200 g/mol. The maximum absolute atomic E-state index is 11.3. The van der Waals surface area contributed by atoms with E-state index in [2.05, 4.69) is 24.4 Å². The third kappa shape index (κ3) is 4.34. The summed E-state index contributed by atoms with van der Waals surface area (Å²) in [4.78, 5) is 12.9. The van der Waals surface area contributed by atoms with E-state index < -0.39 is 0 Å². The fourth-order valence-corrected chi connectivity index (χ4v) is 1.45. The Balaban J connectivity index is 2.23. The van der Waals surface area contributed by atoms with Crippen molar-refractivity contribution >= 4 is 11.6 Å². The highest BCUT2D eigenvalue weighted by atomic mass is 16.2. The first-order valence-electron chi connectivity index (χ1n) is 5.60. The van der Waals surface area contributed by atoms with Gasteiger partial charge in [-0.2, -0.15) is 0 Å². The maximum atomic E-state index is 11.3. The predicted octanol–water partition coefficient (Wildman–Crippen LogP) is 2.28. The van der Waals surface area contributed by atoms with Gasteiger partial charge >= 0.3 is 0 Å². The molecule has 16 heavy (non-hydrogen) atoms. The van der Waals surface area contributed by atoms with Crippen LogP contribution in [0.25, 0.3) is 0 Å². The van der Waals surface area contributed by atoms with Gasteiger partial charge in [-0.3, -0.25) is 4.79 Å². The molecule has 0 aliphatic rings. The lowest BCUT2D eigenvalue weighted by atomic mass is 10.2. The van der Waals surface area contributed by atoms with Crippen molar-refractivity contribution in [1.29, 1.82) is 0 Å². The second kappa shape index (κ2) is 6.16. The first-order chi connectivity index (χ1) is 7.59. The molecule has 1 aromatic carbocycles. The standard InChI is InChI=1S/C13H20N2O/c1-11-6-4-7-12(10-11)14-9-5-8-13(16)15(2)3/h4,6-7,10,14H,5,8-9H2,1-3H3. The van der Waals surface area contributed by atoms with Crippen LogP contribution in [0, 0.1) is 6.92 Å². The molecular formula is C13H20N2O. The Bertz CT molecular complexity index is 348. The topological polar surface area (TPSA) is 32.3 Å². The van der Waals surface area contributed by atoms with Crippen molar-refractivity contribution in [2.75, 3.05) is 26.0 Å². The van der Waals surface area contributed by atoms with Crippen molar-refractivity contribution in [3.8, 4) is 0 Å². The van der Waals surface area contributed by atoms with Gasteiger partial charge in [0.05, 0.1) is 0 Å². The van der Waals surface area contributed by atoms with E-state index >= 15 is 0 Å². The summed E-state index contributed by atoms with van der Waals surface area (Å²) < 4.78 is 0. The lowest BCUT2D eigenvalue weighted by Crippen LogP contribution is -2.22. The quantitative estimate of drug-likeness (QED) is 0.772. The van der Waals surface area contributed by atoms with Crippen LogP contribution in [-0.2, 0) is 4.79 Å². The summed E-state index contributed by atoms with van der Waals surface area (Å²) in [7, 11) is 3.58. The van der Waals surface area contributed by atoms with E-state index in [0.29, 0.717) is 6.42 Å². The average Bonchev–Trinajstić information content (AvgIpc) is 2.24. The minimum Gasteiger partial charge on any atom is -0.385 e. The van der Waals surface area contributed by atoms with E-state index in [4.69, 9.17) is 0 Å². The molecule has 0 radical (unpaired) electrons. The summed E-state index contributed by atoms with van der Waals surface area (Å²) >= 11 is 0. The maximum Gasteiger partial charge on any atom is 0.222 e. The number of anilines is 1. The highest BCUT2D eigenvalue weighted by Crippen LogP contribution is 2.09. The number of carbonyl (C=O) groups is 1. The van der Waals surface area contributed by atoms with Crippen LogP contribution in [0.4, 0.5) is 5.69 Å². The average molecular weight is 220 g/mol. The van der Waals surface area contributed by atoms with E-state index in [1.54, 1.807) is 19.0 Å². The first kappa shape index (κ1) is 12.6. The Labute approximate surface area is 97.5 Å². The molecule has 0 aliphatic heterocycles. The second-order valence-corrected chi connectivity index (χ2v) is 4.19. The van der Waals surface area contributed by atoms with E-state index in [0.717, 1.165) is 18.7 Å². The molecule has 1 N–H and O–H groups in total. The summed E-state index contributed by atoms with van der Waals surface area (Å²) in [6, 6.07) is 8.25. The van der Waals surface area contributed by atoms with Crippen molar-refractivity contribution in [3.63, 3.8) is 0 Å². The van der Waals surface area contributed by atoms with Crippen molar-refractivity contribution < 1.29 is 4.79 Å². The summed E-state index contributed by atoms with van der Waals surface area (Å²) in [5, 5.41) is 3.31. The Hall–Kier alpha value is -1.51. The van der Waals surface area contributed by atoms with Crippen LogP contribution in [-0.4, -0.2) is 31.4 Å². The van der Waals surface area contributed by atoms with Crippen LogP contribution in [0.5, 0.6) is 0 Å². The Morgan fingerprint density at radius 3 is 2.75 bits per heavy atom. The number of amides is 1. The number of benzene rings is 1. The van der Waals surface area contributed by atoms with E-state index in [1.165, 1.54) is 5.56 Å². The smallest absolute Gasteiger partial charge is 0.222 e. The van der Waals surface area contributed by atoms with Crippen molar-refractivity contribution in [3.05, 3.63) is 29.8 Å². The molecule has 0 aliphatic carbocycles. The monoisotopic (exact) mass is 220 g/mol. The van der Waals surface area contributed by atoms with Gasteiger partial charge in [-0.1, -0.05) is 12.1 Å². The van der Waals surface area contributed by atoms with Gasteiger partial charge in [0.1, 0.15) is 0 Å². The van der Waals surface area contributed by atoms with Crippen LogP contribution in [0.3, 0.4) is 0 Å². The number of nitrogens with one attached hydrogen (secondary N) is 1. The fraction of sp³-hybridized carbons (Fsp3) is 0.462. The molecule has 0 bridgehead atoms. The molecule has 3 heteroatoms. The number of nitrogens with zero attached hydrogens (tertiary/aromatic N) is 1. The van der Waals surface area contributed by atoms with Crippen LogP contribution in [0.2, 0.25) is 0 Å². The van der Waals surface area contributed by atoms with E-state index in [-0.39, 0.29) is 5.91 Å². The molecule has 1 rings (SSSR count). The molecule has 0 saturated heterocycles.